The van der Waals surface area contributed by atoms with E-state index in [4.69, 9.17) is 10.5 Å². The van der Waals surface area contributed by atoms with Crippen LogP contribution in [0.15, 0.2) is 10.2 Å². The smallest absolute Gasteiger partial charge is 0.195 e. The fraction of sp³-hybridized carbons (Fsp3) is 0.429. The van der Waals surface area contributed by atoms with Crippen LogP contribution in [0, 0.1) is 22.7 Å². The maximum absolute atomic E-state index is 8.40. The van der Waals surface area contributed by atoms with E-state index in [1.165, 1.54) is 11.3 Å². The normalized spacial score (nSPS) is 10.3. The molecule has 0 atom stereocenters. The highest BCUT2D eigenvalue weighted by molar-refractivity contribution is 7.14. The van der Waals surface area contributed by atoms with E-state index in [9.17, 15) is 0 Å². The Bertz CT molecular complexity index is 395. The van der Waals surface area contributed by atoms with Crippen LogP contribution in [0.5, 0.6) is 0 Å². The first-order valence-corrected chi connectivity index (χ1v) is 4.64. The van der Waals surface area contributed by atoms with Gasteiger partial charge in [-0.3, -0.25) is 0 Å². The number of aryl methyl sites for hydroxylation is 1. The van der Waals surface area contributed by atoms with Crippen molar-refractivity contribution >= 4 is 16.5 Å². The number of rotatable bonds is 3. The summed E-state index contributed by atoms with van der Waals surface area (Å²) in [6.45, 7) is 1.95. The van der Waals surface area contributed by atoms with Crippen LogP contribution in [0.4, 0.5) is 5.13 Å². The topological polar surface area (TPSA) is 98.1 Å². The zero-order valence-corrected chi connectivity index (χ0v) is 8.19. The maximum atomic E-state index is 8.40. The molecule has 14 heavy (non-hydrogen) atoms. The predicted octanol–water partition coefficient (Wildman–Crippen LogP) is 1.60. The van der Waals surface area contributed by atoms with E-state index in [-0.39, 0.29) is 0 Å². The highest BCUT2D eigenvalue weighted by Gasteiger charge is 2.03. The third kappa shape index (κ3) is 2.57. The van der Waals surface area contributed by atoms with Gasteiger partial charge in [0.2, 0.25) is 6.04 Å². The Morgan fingerprint density at radius 2 is 2.14 bits per heavy atom. The molecule has 1 aromatic rings. The lowest BCUT2D eigenvalue weighted by Gasteiger charge is -1.83. The van der Waals surface area contributed by atoms with Crippen molar-refractivity contribution in [2.45, 2.75) is 19.4 Å². The fourth-order valence-electron chi connectivity index (χ4n) is 0.616. The number of azo groups is 1. The summed E-state index contributed by atoms with van der Waals surface area (Å²) in [6, 6.07) is 2.29. The lowest BCUT2D eigenvalue weighted by atomic mass is 10.4. The molecule has 0 saturated carbocycles. The third-order valence-electron chi connectivity index (χ3n) is 1.26. The van der Waals surface area contributed by atoms with E-state index in [1.807, 2.05) is 6.92 Å². The van der Waals surface area contributed by atoms with E-state index in [0.717, 1.165) is 11.4 Å². The van der Waals surface area contributed by atoms with Gasteiger partial charge in [0.15, 0.2) is 0 Å². The lowest BCUT2D eigenvalue weighted by Crippen LogP contribution is -1.92. The second-order valence-electron chi connectivity index (χ2n) is 2.21. The average Bonchev–Trinajstić information content (AvgIpc) is 2.67. The first-order valence-electron chi connectivity index (χ1n) is 3.82. The van der Waals surface area contributed by atoms with Crippen LogP contribution in [-0.4, -0.2) is 16.2 Å². The monoisotopic (exact) mass is 206 g/mol. The summed E-state index contributed by atoms with van der Waals surface area (Å²) in [7, 11) is 0. The van der Waals surface area contributed by atoms with Crippen molar-refractivity contribution < 1.29 is 0 Å². The van der Waals surface area contributed by atoms with Gasteiger partial charge in [0.25, 0.3) is 5.13 Å². The zero-order valence-electron chi connectivity index (χ0n) is 7.38. The Kier molecular flexibility index (Phi) is 3.65. The number of hydrogen-bond donors (Lipinski definition) is 0. The minimum atomic E-state index is -1.07. The van der Waals surface area contributed by atoms with E-state index >= 15 is 0 Å². The second-order valence-corrected chi connectivity index (χ2v) is 3.25. The molecule has 0 bridgehead atoms. The van der Waals surface area contributed by atoms with Crippen LogP contribution in [0.25, 0.3) is 0 Å². The van der Waals surface area contributed by atoms with Crippen molar-refractivity contribution in [1.82, 2.24) is 10.2 Å². The van der Waals surface area contributed by atoms with Crippen LogP contribution >= 0.6 is 11.3 Å². The Balaban J connectivity index is 2.70. The molecule has 70 valence electrons. The molecule has 0 aliphatic heterocycles. The predicted molar refractivity (Wildman–Crippen MR) is 48.8 cm³/mol. The summed E-state index contributed by atoms with van der Waals surface area (Å²) < 4.78 is 0. The third-order valence-corrected chi connectivity index (χ3v) is 2.21. The van der Waals surface area contributed by atoms with Gasteiger partial charge in [0, 0.05) is 0 Å². The lowest BCUT2D eigenvalue weighted by molar-refractivity contribution is 0.923. The maximum Gasteiger partial charge on any atom is 0.251 e. The molecule has 0 N–H and O–H groups in total. The SMILES string of the molecule is CCc1nnc(N=NC(C#N)C#N)s1. The standard InChI is InChI=1S/C7H6N6S/c1-2-6-11-13-7(14-6)12-10-5(3-8)4-9/h5H,2H2,1H3. The summed E-state index contributed by atoms with van der Waals surface area (Å²) in [5, 5.41) is 32.7. The molecule has 0 aliphatic rings. The largest absolute Gasteiger partial charge is 0.251 e. The van der Waals surface area contributed by atoms with Gasteiger partial charge in [-0.2, -0.15) is 15.6 Å². The summed E-state index contributed by atoms with van der Waals surface area (Å²) in [4.78, 5) is 0. The number of nitrogens with zero attached hydrogens (tertiary/aromatic N) is 6. The molecule has 0 fully saturated rings. The van der Waals surface area contributed by atoms with Gasteiger partial charge in [-0.05, 0) is 6.42 Å². The van der Waals surface area contributed by atoms with E-state index in [1.54, 1.807) is 12.1 Å². The van der Waals surface area contributed by atoms with Gasteiger partial charge in [0.05, 0.1) is 0 Å². The molecule has 7 heteroatoms. The minimum Gasteiger partial charge on any atom is -0.195 e. The summed E-state index contributed by atoms with van der Waals surface area (Å²) in [6.07, 6.45) is 0.785. The fourth-order valence-corrected chi connectivity index (χ4v) is 1.22. The first-order chi connectivity index (χ1) is 6.80. The zero-order chi connectivity index (χ0) is 10.4. The Hall–Kier alpha value is -1.86. The van der Waals surface area contributed by atoms with E-state index in [2.05, 4.69) is 20.4 Å². The van der Waals surface area contributed by atoms with Crippen LogP contribution < -0.4 is 0 Å². The Labute approximate surface area is 84.5 Å². The molecule has 0 aliphatic carbocycles. The van der Waals surface area contributed by atoms with Gasteiger partial charge in [-0.25, -0.2) is 0 Å². The molecule has 1 heterocycles. The Morgan fingerprint density at radius 1 is 1.43 bits per heavy atom. The van der Waals surface area contributed by atoms with Crippen LogP contribution in [0.3, 0.4) is 0 Å². The molecule has 0 aromatic carbocycles. The number of hydrogen-bond acceptors (Lipinski definition) is 7. The van der Waals surface area contributed by atoms with Crippen molar-refractivity contribution in [2.75, 3.05) is 0 Å². The summed E-state index contributed by atoms with van der Waals surface area (Å²) >= 11 is 1.29. The average molecular weight is 206 g/mol. The van der Waals surface area contributed by atoms with E-state index < -0.39 is 6.04 Å². The molecule has 0 saturated heterocycles. The van der Waals surface area contributed by atoms with Crippen molar-refractivity contribution in [1.29, 1.82) is 10.5 Å². The molecule has 0 amide bonds. The van der Waals surface area contributed by atoms with Gasteiger partial charge in [-0.1, -0.05) is 18.3 Å². The second kappa shape index (κ2) is 5.00. The van der Waals surface area contributed by atoms with E-state index in [0.29, 0.717) is 5.13 Å². The summed E-state index contributed by atoms with van der Waals surface area (Å²) in [5.74, 6) is 0. The van der Waals surface area contributed by atoms with Crippen LogP contribution in [0.1, 0.15) is 11.9 Å². The summed E-state index contributed by atoms with van der Waals surface area (Å²) in [5.41, 5.74) is 0. The van der Waals surface area contributed by atoms with Crippen molar-refractivity contribution in [3.8, 4) is 12.1 Å². The molecule has 6 nitrogen and oxygen atoms in total. The van der Waals surface area contributed by atoms with Crippen LogP contribution in [0.2, 0.25) is 0 Å². The van der Waals surface area contributed by atoms with Crippen molar-refractivity contribution in [3.63, 3.8) is 0 Å². The first kappa shape index (κ1) is 10.2. The molecule has 0 spiro atoms. The highest BCUT2D eigenvalue weighted by atomic mass is 32.1. The molecule has 1 aromatic heterocycles. The van der Waals surface area contributed by atoms with Crippen molar-refractivity contribution in [2.24, 2.45) is 10.2 Å². The molecule has 0 unspecified atom stereocenters. The van der Waals surface area contributed by atoms with Gasteiger partial charge in [0.1, 0.15) is 17.1 Å². The van der Waals surface area contributed by atoms with Crippen molar-refractivity contribution in [3.05, 3.63) is 5.01 Å². The molecule has 1 rings (SSSR count). The van der Waals surface area contributed by atoms with Crippen LogP contribution in [-0.2, 0) is 6.42 Å². The molecule has 0 radical (unpaired) electrons. The van der Waals surface area contributed by atoms with Gasteiger partial charge < -0.3 is 0 Å². The van der Waals surface area contributed by atoms with Gasteiger partial charge >= 0.3 is 0 Å². The molecular weight excluding hydrogens is 200 g/mol. The minimum absolute atomic E-state index is 0.373. The quantitative estimate of drug-likeness (QED) is 0.701. The highest BCUT2D eigenvalue weighted by Crippen LogP contribution is 2.19. The number of nitriles is 2. The Morgan fingerprint density at radius 3 is 2.64 bits per heavy atom. The van der Waals surface area contributed by atoms with Gasteiger partial charge in [-0.15, -0.1) is 15.3 Å². The number of aromatic nitrogens is 2. The molecular formula is C7H6N6S.